The normalized spacial score (nSPS) is 13.0. The molecule has 25 heavy (non-hydrogen) atoms. The van der Waals surface area contributed by atoms with Crippen molar-refractivity contribution in [2.75, 3.05) is 31.0 Å². The number of methoxy groups -OCH3 is 1. The maximum absolute atomic E-state index is 6.58. The molecule has 1 heterocycles. The van der Waals surface area contributed by atoms with Gasteiger partial charge in [-0.1, -0.05) is 23.4 Å². The van der Waals surface area contributed by atoms with Crippen molar-refractivity contribution in [1.82, 2.24) is 4.98 Å². The molecule has 1 aliphatic carbocycles. The van der Waals surface area contributed by atoms with Gasteiger partial charge in [0.1, 0.15) is 11.4 Å². The zero-order chi connectivity index (χ0) is 17.8. The topological polar surface area (TPSA) is 65.0 Å². The van der Waals surface area contributed by atoms with E-state index in [1.807, 2.05) is 30.3 Å². The lowest BCUT2D eigenvalue weighted by molar-refractivity contribution is -0.386. The van der Waals surface area contributed by atoms with E-state index in [0.717, 1.165) is 35.0 Å². The lowest BCUT2D eigenvalue weighted by Gasteiger charge is -2.19. The lowest BCUT2D eigenvalue weighted by Crippen LogP contribution is -2.68. The third-order valence-corrected chi connectivity index (χ3v) is 4.57. The molecule has 0 atom stereocenters. The molecule has 1 aromatic heterocycles. The molecule has 4 N–H and O–H groups in total. The minimum atomic E-state index is 0.604. The number of pyridine rings is 1. The summed E-state index contributed by atoms with van der Waals surface area (Å²) in [5.74, 6) is 11.8. The van der Waals surface area contributed by atoms with Gasteiger partial charge in [-0.2, -0.15) is 0 Å². The fourth-order valence-electron chi connectivity index (χ4n) is 2.61. The van der Waals surface area contributed by atoms with Crippen LogP contribution in [0.1, 0.15) is 24.0 Å². The van der Waals surface area contributed by atoms with Crippen LogP contribution in [0.4, 0.5) is 11.4 Å². The van der Waals surface area contributed by atoms with E-state index in [1.54, 1.807) is 19.5 Å². The Kier molecular flexibility index (Phi) is 5.32. The van der Waals surface area contributed by atoms with Crippen LogP contribution in [-0.4, -0.2) is 25.7 Å². The third-order valence-electron chi connectivity index (χ3n) is 4.18. The Morgan fingerprint density at radius 2 is 2.16 bits per heavy atom. The zero-order valence-corrected chi connectivity index (χ0v) is 15.2. The van der Waals surface area contributed by atoms with Gasteiger partial charge in [0.05, 0.1) is 30.6 Å². The summed E-state index contributed by atoms with van der Waals surface area (Å²) in [7, 11) is 3.47. The molecule has 1 saturated carbocycles. The van der Waals surface area contributed by atoms with Crippen LogP contribution in [0.15, 0.2) is 30.6 Å². The predicted molar refractivity (Wildman–Crippen MR) is 101 cm³/mol. The van der Waals surface area contributed by atoms with Crippen LogP contribution in [0.3, 0.4) is 0 Å². The van der Waals surface area contributed by atoms with E-state index in [2.05, 4.69) is 28.0 Å². The van der Waals surface area contributed by atoms with Gasteiger partial charge in [0.2, 0.25) is 0 Å². The average Bonchev–Trinajstić information content (AvgIpc) is 3.44. The van der Waals surface area contributed by atoms with Crippen molar-refractivity contribution in [2.24, 2.45) is 5.92 Å². The smallest absolute Gasteiger partial charge is 0.138 e. The van der Waals surface area contributed by atoms with Gasteiger partial charge in [-0.15, -0.1) is 0 Å². The highest BCUT2D eigenvalue weighted by molar-refractivity contribution is 6.35. The molecule has 0 spiro atoms. The van der Waals surface area contributed by atoms with E-state index < -0.39 is 0 Å². The summed E-state index contributed by atoms with van der Waals surface area (Å²) in [5.41, 5.74) is 3.39. The molecule has 0 bridgehead atoms. The largest absolute Gasteiger partial charge is 0.495 e. The molecule has 1 aromatic carbocycles. The van der Waals surface area contributed by atoms with Crippen molar-refractivity contribution in [3.05, 3.63) is 46.7 Å². The summed E-state index contributed by atoms with van der Waals surface area (Å²) >= 11 is 6.58. The Hall–Kier alpha value is -2.42. The number of benzene rings is 1. The number of quaternary nitrogens is 1. The molecular weight excluding hydrogens is 336 g/mol. The van der Waals surface area contributed by atoms with Gasteiger partial charge in [-0.05, 0) is 37.0 Å². The summed E-state index contributed by atoms with van der Waals surface area (Å²) in [5, 5.41) is 5.80. The molecule has 0 saturated heterocycles. The molecule has 1 fully saturated rings. The van der Waals surface area contributed by atoms with Crippen LogP contribution in [0, 0.1) is 17.8 Å². The second-order valence-electron chi connectivity index (χ2n) is 6.10. The fraction of sp³-hybridized carbons (Fsp3) is 0.316. The maximum atomic E-state index is 6.58. The first-order valence-corrected chi connectivity index (χ1v) is 8.59. The van der Waals surface area contributed by atoms with E-state index in [9.17, 15) is 0 Å². The number of anilines is 2. The van der Waals surface area contributed by atoms with Crippen LogP contribution >= 0.6 is 11.6 Å². The SMILES string of the molecule is CNc1c(N([NH3+])CC2CC2)ccc(C#Cc2cncc(OC)c2)c1Cl. The highest BCUT2D eigenvalue weighted by Gasteiger charge is 2.26. The molecule has 0 aliphatic heterocycles. The molecule has 5 nitrogen and oxygen atoms in total. The van der Waals surface area contributed by atoms with Crippen molar-refractivity contribution < 1.29 is 10.6 Å². The summed E-state index contributed by atoms with van der Waals surface area (Å²) in [6, 6.07) is 5.79. The van der Waals surface area contributed by atoms with Gasteiger partial charge >= 0.3 is 0 Å². The number of rotatable bonds is 5. The highest BCUT2D eigenvalue weighted by atomic mass is 35.5. The fourth-order valence-corrected chi connectivity index (χ4v) is 2.91. The van der Waals surface area contributed by atoms with Crippen LogP contribution in [-0.2, 0) is 0 Å². The van der Waals surface area contributed by atoms with Gasteiger partial charge < -0.3 is 10.1 Å². The number of nitrogens with one attached hydrogen (secondary N) is 1. The van der Waals surface area contributed by atoms with Gasteiger partial charge in [-0.25, -0.2) is 5.01 Å². The maximum Gasteiger partial charge on any atom is 0.138 e. The van der Waals surface area contributed by atoms with Crippen LogP contribution in [0.25, 0.3) is 0 Å². The molecule has 130 valence electrons. The minimum Gasteiger partial charge on any atom is -0.495 e. The Balaban J connectivity index is 1.88. The summed E-state index contributed by atoms with van der Waals surface area (Å²) in [6.45, 7) is 0.950. The Morgan fingerprint density at radius 3 is 2.84 bits per heavy atom. The molecule has 3 rings (SSSR count). The van der Waals surface area contributed by atoms with Crippen LogP contribution in [0.5, 0.6) is 5.75 Å². The second kappa shape index (κ2) is 7.64. The lowest BCUT2D eigenvalue weighted by atomic mass is 10.1. The van der Waals surface area contributed by atoms with Gasteiger partial charge in [0.25, 0.3) is 0 Å². The number of hydrogen-bond acceptors (Lipinski definition) is 4. The number of ether oxygens (including phenoxy) is 1. The highest BCUT2D eigenvalue weighted by Crippen LogP contribution is 2.36. The third kappa shape index (κ3) is 4.16. The molecule has 0 radical (unpaired) electrons. The van der Waals surface area contributed by atoms with Gasteiger partial charge in [-0.3, -0.25) is 10.8 Å². The quantitative estimate of drug-likeness (QED) is 0.637. The van der Waals surface area contributed by atoms with Crippen LogP contribution < -0.4 is 20.9 Å². The monoisotopic (exact) mass is 357 g/mol. The Morgan fingerprint density at radius 1 is 1.36 bits per heavy atom. The summed E-state index contributed by atoms with van der Waals surface area (Å²) in [6.07, 6.45) is 5.92. The number of halogens is 1. The molecule has 0 amide bonds. The molecule has 2 aromatic rings. The van der Waals surface area contributed by atoms with Crippen molar-refractivity contribution >= 4 is 23.0 Å². The van der Waals surface area contributed by atoms with Crippen molar-refractivity contribution in [1.29, 1.82) is 0 Å². The van der Waals surface area contributed by atoms with E-state index in [1.165, 1.54) is 12.8 Å². The molecule has 0 unspecified atom stereocenters. The first-order chi connectivity index (χ1) is 12.1. The van der Waals surface area contributed by atoms with Crippen molar-refractivity contribution in [3.63, 3.8) is 0 Å². The Bertz CT molecular complexity index is 824. The predicted octanol–water partition coefficient (Wildman–Crippen LogP) is 2.56. The average molecular weight is 358 g/mol. The van der Waals surface area contributed by atoms with Crippen molar-refractivity contribution in [3.8, 4) is 17.6 Å². The first kappa shape index (κ1) is 17.4. The first-order valence-electron chi connectivity index (χ1n) is 8.21. The second-order valence-corrected chi connectivity index (χ2v) is 6.48. The summed E-state index contributed by atoms with van der Waals surface area (Å²) in [4.78, 5) is 4.11. The zero-order valence-electron chi connectivity index (χ0n) is 14.5. The summed E-state index contributed by atoms with van der Waals surface area (Å²) < 4.78 is 5.17. The van der Waals surface area contributed by atoms with Gasteiger partial charge in [0, 0.05) is 24.4 Å². The van der Waals surface area contributed by atoms with Crippen molar-refractivity contribution in [2.45, 2.75) is 12.8 Å². The molecule has 1 aliphatic rings. The molecular formula is C19H22ClN4O+. The minimum absolute atomic E-state index is 0.604. The Labute approximate surface area is 153 Å². The standard InChI is InChI=1S/C19H21ClN4O/c1-22-19-17(24(21)12-13-3-4-13)8-7-15(18(19)20)6-5-14-9-16(25-2)11-23-10-14/h7-11,13,22H,3-4,12,21H2,1-2H3/p+1. The van der Waals surface area contributed by atoms with Gasteiger partial charge in [0.15, 0.2) is 0 Å². The number of nitrogens with zero attached hydrogens (tertiary/aromatic N) is 2. The van der Waals surface area contributed by atoms with E-state index in [0.29, 0.717) is 10.8 Å². The van der Waals surface area contributed by atoms with E-state index in [4.69, 9.17) is 16.3 Å². The number of hydrogen-bond donors (Lipinski definition) is 2. The van der Waals surface area contributed by atoms with E-state index in [-0.39, 0.29) is 0 Å². The molecule has 6 heteroatoms. The number of aromatic nitrogens is 1. The van der Waals surface area contributed by atoms with E-state index >= 15 is 0 Å². The van der Waals surface area contributed by atoms with Crippen LogP contribution in [0.2, 0.25) is 5.02 Å².